The van der Waals surface area contributed by atoms with E-state index in [1.807, 2.05) is 0 Å². The summed E-state index contributed by atoms with van der Waals surface area (Å²) in [5.74, 6) is 1.08. The van der Waals surface area contributed by atoms with Gasteiger partial charge < -0.3 is 30.9 Å². The lowest BCUT2D eigenvalue weighted by atomic mass is 10.2. The molecule has 1 aromatic carbocycles. The molecule has 0 unspecified atom stereocenters. The van der Waals surface area contributed by atoms with Gasteiger partial charge in [0.15, 0.2) is 11.5 Å². The van der Waals surface area contributed by atoms with Gasteiger partial charge in [-0.05, 0) is 0 Å². The molecule has 0 aliphatic heterocycles. The maximum Gasteiger partial charge on any atom is 0.256 e. The van der Waals surface area contributed by atoms with Crippen molar-refractivity contribution in [1.29, 1.82) is 0 Å². The number of carbonyl (C=O) groups excluding carboxylic acids is 1. The van der Waals surface area contributed by atoms with E-state index in [4.69, 9.17) is 20.3 Å². The summed E-state index contributed by atoms with van der Waals surface area (Å²) in [6.45, 7) is 0.202. The Kier molecular flexibility index (Phi) is 5.27. The van der Waals surface area contributed by atoms with Crippen LogP contribution in [0, 0.1) is 0 Å². The zero-order chi connectivity index (χ0) is 19.4. The number of nitrogens with zero attached hydrogens (tertiary/aromatic N) is 3. The smallest absolute Gasteiger partial charge is 0.256 e. The number of amides is 1. The van der Waals surface area contributed by atoms with Crippen molar-refractivity contribution in [1.82, 2.24) is 14.4 Å². The number of imidazole rings is 1. The van der Waals surface area contributed by atoms with Crippen molar-refractivity contribution in [3.63, 3.8) is 0 Å². The highest BCUT2D eigenvalue weighted by molar-refractivity contribution is 6.04. The Morgan fingerprint density at radius 2 is 1.96 bits per heavy atom. The summed E-state index contributed by atoms with van der Waals surface area (Å²) in [5, 5.41) is 15.1. The molecule has 0 radical (unpaired) electrons. The van der Waals surface area contributed by atoms with Gasteiger partial charge in [0, 0.05) is 42.8 Å². The number of hydrogen-bond acceptors (Lipinski definition) is 8. The van der Waals surface area contributed by atoms with Gasteiger partial charge in [-0.25, -0.2) is 4.98 Å². The summed E-state index contributed by atoms with van der Waals surface area (Å²) in [4.78, 5) is 20.7. The molecule has 0 atom stereocenters. The largest absolute Gasteiger partial charge is 0.497 e. The Bertz CT molecular complexity index is 949. The van der Waals surface area contributed by atoms with Crippen LogP contribution in [0.5, 0.6) is 11.5 Å². The molecule has 2 heterocycles. The second kappa shape index (κ2) is 7.79. The molecule has 10 heteroatoms. The van der Waals surface area contributed by atoms with Crippen molar-refractivity contribution in [3.05, 3.63) is 36.2 Å². The van der Waals surface area contributed by atoms with Gasteiger partial charge in [-0.3, -0.25) is 9.20 Å². The Balaban J connectivity index is 2.12. The SMILES string of the molecule is COc1cc(Nc2nc(NCCO)n3ccnc3c2C(N)=O)cc(OC)c1. The van der Waals surface area contributed by atoms with Crippen molar-refractivity contribution in [2.24, 2.45) is 5.73 Å². The molecular weight excluding hydrogens is 352 g/mol. The fourth-order valence-electron chi connectivity index (χ4n) is 2.61. The molecular formula is C17H20N6O4. The number of carbonyl (C=O) groups is 1. The highest BCUT2D eigenvalue weighted by Crippen LogP contribution is 2.30. The fourth-order valence-corrected chi connectivity index (χ4v) is 2.61. The van der Waals surface area contributed by atoms with Crippen LogP contribution in [0.25, 0.3) is 5.65 Å². The van der Waals surface area contributed by atoms with Crippen LogP contribution in [-0.4, -0.2) is 52.8 Å². The monoisotopic (exact) mass is 372 g/mol. The molecule has 2 aromatic heterocycles. The van der Waals surface area contributed by atoms with E-state index in [9.17, 15) is 4.79 Å². The number of methoxy groups -OCH3 is 2. The van der Waals surface area contributed by atoms with Crippen LogP contribution in [0.1, 0.15) is 10.4 Å². The topological polar surface area (TPSA) is 136 Å². The Hall–Kier alpha value is -3.53. The first kappa shape index (κ1) is 18.3. The number of primary amides is 1. The van der Waals surface area contributed by atoms with Crippen LogP contribution in [-0.2, 0) is 0 Å². The molecule has 3 aromatic rings. The molecule has 0 fully saturated rings. The van der Waals surface area contributed by atoms with Crippen LogP contribution >= 0.6 is 0 Å². The average molecular weight is 372 g/mol. The van der Waals surface area contributed by atoms with Crippen LogP contribution in [0.3, 0.4) is 0 Å². The van der Waals surface area contributed by atoms with E-state index in [1.54, 1.807) is 43.0 Å². The third-order valence-electron chi connectivity index (χ3n) is 3.80. The molecule has 1 amide bonds. The number of rotatable bonds is 8. The third kappa shape index (κ3) is 3.70. The zero-order valence-corrected chi connectivity index (χ0v) is 14.9. The molecule has 10 nitrogen and oxygen atoms in total. The van der Waals surface area contributed by atoms with Crippen LogP contribution in [0.15, 0.2) is 30.6 Å². The average Bonchev–Trinajstić information content (AvgIpc) is 3.14. The minimum Gasteiger partial charge on any atom is -0.497 e. The minimum atomic E-state index is -0.676. The van der Waals surface area contributed by atoms with Gasteiger partial charge in [-0.1, -0.05) is 0 Å². The number of anilines is 3. The normalized spacial score (nSPS) is 10.6. The molecule has 142 valence electrons. The highest BCUT2D eigenvalue weighted by atomic mass is 16.5. The number of ether oxygens (including phenoxy) is 2. The lowest BCUT2D eigenvalue weighted by Gasteiger charge is -2.15. The number of hydrogen-bond donors (Lipinski definition) is 4. The predicted octanol–water partition coefficient (Wildman–Crippen LogP) is 0.993. The summed E-state index contributed by atoms with van der Waals surface area (Å²) >= 11 is 0. The molecule has 3 rings (SSSR count). The quantitative estimate of drug-likeness (QED) is 0.460. The zero-order valence-electron chi connectivity index (χ0n) is 14.9. The van der Waals surface area contributed by atoms with Gasteiger partial charge in [-0.2, -0.15) is 4.98 Å². The minimum absolute atomic E-state index is 0.0781. The van der Waals surface area contributed by atoms with Crippen molar-refractivity contribution in [2.45, 2.75) is 0 Å². The van der Waals surface area contributed by atoms with E-state index in [0.717, 1.165) is 0 Å². The maximum atomic E-state index is 12.1. The van der Waals surface area contributed by atoms with Gasteiger partial charge in [0.1, 0.15) is 17.1 Å². The van der Waals surface area contributed by atoms with E-state index in [2.05, 4.69) is 20.6 Å². The van der Waals surface area contributed by atoms with E-state index in [1.165, 1.54) is 6.20 Å². The first-order chi connectivity index (χ1) is 13.1. The lowest BCUT2D eigenvalue weighted by Crippen LogP contribution is -2.19. The van der Waals surface area contributed by atoms with E-state index >= 15 is 0 Å². The summed E-state index contributed by atoms with van der Waals surface area (Å²) in [7, 11) is 3.08. The molecule has 0 saturated heterocycles. The van der Waals surface area contributed by atoms with Gasteiger partial charge in [0.05, 0.1) is 20.8 Å². The highest BCUT2D eigenvalue weighted by Gasteiger charge is 2.20. The summed E-state index contributed by atoms with van der Waals surface area (Å²) in [6, 6.07) is 5.18. The van der Waals surface area contributed by atoms with Gasteiger partial charge in [0.25, 0.3) is 5.91 Å². The maximum absolute atomic E-state index is 12.1. The van der Waals surface area contributed by atoms with E-state index < -0.39 is 5.91 Å². The fraction of sp³-hybridized carbons (Fsp3) is 0.235. The Morgan fingerprint density at radius 3 is 2.56 bits per heavy atom. The van der Waals surface area contributed by atoms with Crippen LogP contribution < -0.4 is 25.8 Å². The lowest BCUT2D eigenvalue weighted by molar-refractivity contribution is 0.100. The number of fused-ring (bicyclic) bond motifs is 1. The summed E-state index contributed by atoms with van der Waals surface area (Å²) < 4.78 is 12.1. The molecule has 0 spiro atoms. The van der Waals surface area contributed by atoms with Gasteiger partial charge in [0.2, 0.25) is 5.95 Å². The standard InChI is InChI=1S/C17H20N6O4/c1-26-11-7-10(8-12(9-11)27-2)21-15-13(14(18)25)16-19-3-5-23(16)17(22-15)20-4-6-24/h3,5,7-9,21,24H,4,6H2,1-2H3,(H2,18,25)(H,20,22). The van der Waals surface area contributed by atoms with Crippen molar-refractivity contribution >= 4 is 29.0 Å². The van der Waals surface area contributed by atoms with Gasteiger partial charge >= 0.3 is 0 Å². The number of nitrogens with two attached hydrogens (primary N) is 1. The van der Waals surface area contributed by atoms with Crippen LogP contribution in [0.4, 0.5) is 17.5 Å². The van der Waals surface area contributed by atoms with Crippen molar-refractivity contribution in [2.75, 3.05) is 38.0 Å². The number of aromatic nitrogens is 3. The van der Waals surface area contributed by atoms with Crippen molar-refractivity contribution < 1.29 is 19.4 Å². The number of nitrogens with one attached hydrogen (secondary N) is 2. The second-order valence-corrected chi connectivity index (χ2v) is 5.52. The van der Waals surface area contributed by atoms with E-state index in [-0.39, 0.29) is 24.5 Å². The summed E-state index contributed by atoms with van der Waals surface area (Å²) in [6.07, 6.45) is 3.18. The second-order valence-electron chi connectivity index (χ2n) is 5.52. The number of benzene rings is 1. The van der Waals surface area contributed by atoms with Gasteiger partial charge in [-0.15, -0.1) is 0 Å². The third-order valence-corrected chi connectivity index (χ3v) is 3.80. The Morgan fingerprint density at radius 1 is 1.26 bits per heavy atom. The molecule has 0 aliphatic rings. The number of aliphatic hydroxyl groups is 1. The van der Waals surface area contributed by atoms with Crippen LogP contribution in [0.2, 0.25) is 0 Å². The van der Waals surface area contributed by atoms with E-state index in [0.29, 0.717) is 28.8 Å². The predicted molar refractivity (Wildman–Crippen MR) is 99.9 cm³/mol. The summed E-state index contributed by atoms with van der Waals surface area (Å²) in [5.41, 5.74) is 6.64. The van der Waals surface area contributed by atoms with Crippen molar-refractivity contribution in [3.8, 4) is 11.5 Å². The molecule has 5 N–H and O–H groups in total. The number of aliphatic hydroxyl groups excluding tert-OH is 1. The molecule has 0 saturated carbocycles. The molecule has 0 aliphatic carbocycles. The Labute approximate surface area is 154 Å². The first-order valence-corrected chi connectivity index (χ1v) is 8.09. The molecule has 0 bridgehead atoms. The first-order valence-electron chi connectivity index (χ1n) is 8.09. The molecule has 27 heavy (non-hydrogen) atoms.